The van der Waals surface area contributed by atoms with Crippen LogP contribution in [0.2, 0.25) is 0 Å². The molecule has 19 heavy (non-hydrogen) atoms. The van der Waals surface area contributed by atoms with Gasteiger partial charge in [0.2, 0.25) is 0 Å². The zero-order chi connectivity index (χ0) is 13.4. The maximum absolute atomic E-state index is 11.2. The van der Waals surface area contributed by atoms with Crippen LogP contribution in [-0.2, 0) is 7.05 Å². The zero-order valence-electron chi connectivity index (χ0n) is 10.9. The van der Waals surface area contributed by atoms with Crippen LogP contribution in [0, 0.1) is 11.8 Å². The van der Waals surface area contributed by atoms with Gasteiger partial charge in [-0.1, -0.05) is 48.0 Å². The Bertz CT molecular complexity index is 754. The monoisotopic (exact) mass is 250 g/mol. The minimum atomic E-state index is 0.516. The second-order valence-electron chi connectivity index (χ2n) is 4.73. The second kappa shape index (κ2) is 4.35. The number of aryl methyl sites for hydroxylation is 2. The van der Waals surface area contributed by atoms with Crippen LogP contribution in [-0.4, -0.2) is 4.57 Å². The van der Waals surface area contributed by atoms with E-state index in [1.54, 1.807) is 0 Å². The fourth-order valence-electron chi connectivity index (χ4n) is 2.51. The van der Waals surface area contributed by atoms with Gasteiger partial charge in [0.05, 0.1) is 11.2 Å². The summed E-state index contributed by atoms with van der Waals surface area (Å²) in [6.45, 7) is 2.05. The van der Waals surface area contributed by atoms with Gasteiger partial charge < -0.3 is 4.57 Å². The molecule has 0 fully saturated rings. The van der Waals surface area contributed by atoms with E-state index in [1.807, 2.05) is 67.1 Å². The number of nitroso groups, excluding NO2 is 1. The highest BCUT2D eigenvalue weighted by Gasteiger charge is 2.16. The smallest absolute Gasteiger partial charge is 0.141 e. The number of nitrogens with zero attached hydrogens (tertiary/aromatic N) is 2. The van der Waals surface area contributed by atoms with Gasteiger partial charge in [0.1, 0.15) is 5.69 Å². The molecule has 3 nitrogen and oxygen atoms in total. The van der Waals surface area contributed by atoms with Crippen molar-refractivity contribution < 1.29 is 0 Å². The topological polar surface area (TPSA) is 34.4 Å². The third-order valence-corrected chi connectivity index (χ3v) is 3.50. The lowest BCUT2D eigenvalue weighted by molar-refractivity contribution is 0.977. The lowest BCUT2D eigenvalue weighted by Gasteiger charge is -2.05. The van der Waals surface area contributed by atoms with E-state index in [0.717, 1.165) is 22.2 Å². The van der Waals surface area contributed by atoms with Crippen LogP contribution in [0.25, 0.3) is 22.2 Å². The zero-order valence-corrected chi connectivity index (χ0v) is 10.9. The number of hydrogen-bond donors (Lipinski definition) is 0. The number of para-hydroxylation sites is 1. The van der Waals surface area contributed by atoms with E-state index in [0.29, 0.717) is 5.69 Å². The van der Waals surface area contributed by atoms with E-state index < -0.39 is 0 Å². The summed E-state index contributed by atoms with van der Waals surface area (Å²) in [6, 6.07) is 16.0. The van der Waals surface area contributed by atoms with Crippen molar-refractivity contribution in [3.8, 4) is 11.3 Å². The first kappa shape index (κ1) is 11.7. The minimum Gasteiger partial charge on any atom is -0.342 e. The van der Waals surface area contributed by atoms with Crippen LogP contribution < -0.4 is 0 Å². The van der Waals surface area contributed by atoms with Crippen molar-refractivity contribution >= 4 is 16.6 Å². The van der Waals surface area contributed by atoms with Crippen LogP contribution in [0.5, 0.6) is 0 Å². The molecule has 0 radical (unpaired) electrons. The SMILES string of the molecule is Cc1ccc(-c2c(N=O)c3ccccc3n2C)cc1. The van der Waals surface area contributed by atoms with Crippen LogP contribution in [0.15, 0.2) is 53.7 Å². The van der Waals surface area contributed by atoms with Crippen LogP contribution in [0.4, 0.5) is 5.69 Å². The molecule has 3 aromatic rings. The highest BCUT2D eigenvalue weighted by Crippen LogP contribution is 2.39. The normalized spacial score (nSPS) is 10.8. The molecule has 0 unspecified atom stereocenters. The third-order valence-electron chi connectivity index (χ3n) is 3.50. The first-order chi connectivity index (χ1) is 9.22. The molecule has 2 aromatic carbocycles. The molecule has 0 saturated heterocycles. The summed E-state index contributed by atoms with van der Waals surface area (Å²) in [6.07, 6.45) is 0. The van der Waals surface area contributed by atoms with E-state index in [2.05, 4.69) is 5.18 Å². The third kappa shape index (κ3) is 1.74. The Morgan fingerprint density at radius 2 is 1.68 bits per heavy atom. The fraction of sp³-hybridized carbons (Fsp3) is 0.125. The molecular weight excluding hydrogens is 236 g/mol. The molecule has 3 rings (SSSR count). The molecule has 0 spiro atoms. The Kier molecular flexibility index (Phi) is 2.67. The maximum Gasteiger partial charge on any atom is 0.141 e. The van der Waals surface area contributed by atoms with Crippen LogP contribution in [0.3, 0.4) is 0 Å². The molecule has 0 saturated carbocycles. The lowest BCUT2D eigenvalue weighted by Crippen LogP contribution is -1.91. The molecular formula is C16H14N2O. The predicted molar refractivity (Wildman–Crippen MR) is 78.5 cm³/mol. The summed E-state index contributed by atoms with van der Waals surface area (Å²) in [5, 5.41) is 4.15. The predicted octanol–water partition coefficient (Wildman–Crippen LogP) is 4.55. The summed E-state index contributed by atoms with van der Waals surface area (Å²) in [7, 11) is 1.96. The Hall–Kier alpha value is -2.42. The first-order valence-corrected chi connectivity index (χ1v) is 6.20. The van der Waals surface area contributed by atoms with E-state index in [-0.39, 0.29) is 0 Å². The summed E-state index contributed by atoms with van der Waals surface area (Å²) >= 11 is 0. The standard InChI is InChI=1S/C16H14N2O/c1-11-7-9-12(10-8-11)16-15(17-19)13-5-3-4-6-14(13)18(16)2/h3-10H,1-2H3. The molecule has 0 amide bonds. The Balaban J connectivity index is 2.37. The average Bonchev–Trinajstić information content (AvgIpc) is 2.73. The summed E-state index contributed by atoms with van der Waals surface area (Å²) in [4.78, 5) is 11.2. The Morgan fingerprint density at radius 1 is 1.00 bits per heavy atom. The number of fused-ring (bicyclic) bond motifs is 1. The molecule has 3 heteroatoms. The van der Waals surface area contributed by atoms with Gasteiger partial charge in [-0.2, -0.15) is 0 Å². The van der Waals surface area contributed by atoms with Crippen LogP contribution >= 0.6 is 0 Å². The van der Waals surface area contributed by atoms with E-state index in [1.165, 1.54) is 5.56 Å². The molecule has 1 aromatic heterocycles. The Morgan fingerprint density at radius 3 is 2.37 bits per heavy atom. The lowest BCUT2D eigenvalue weighted by atomic mass is 10.1. The van der Waals surface area contributed by atoms with Gasteiger partial charge in [-0.3, -0.25) is 0 Å². The largest absolute Gasteiger partial charge is 0.342 e. The molecule has 0 aliphatic heterocycles. The first-order valence-electron chi connectivity index (χ1n) is 6.20. The summed E-state index contributed by atoms with van der Waals surface area (Å²) in [5.74, 6) is 0. The molecule has 0 aliphatic rings. The molecule has 0 aliphatic carbocycles. The number of rotatable bonds is 2. The average molecular weight is 250 g/mol. The Labute approximate surface area is 111 Å². The molecule has 0 atom stereocenters. The van der Waals surface area contributed by atoms with Gasteiger partial charge in [0.15, 0.2) is 0 Å². The number of aromatic nitrogens is 1. The van der Waals surface area contributed by atoms with Gasteiger partial charge in [-0.25, -0.2) is 0 Å². The van der Waals surface area contributed by atoms with Gasteiger partial charge in [0.25, 0.3) is 0 Å². The van der Waals surface area contributed by atoms with Crippen molar-refractivity contribution in [2.24, 2.45) is 12.2 Å². The van der Waals surface area contributed by atoms with E-state index >= 15 is 0 Å². The van der Waals surface area contributed by atoms with Gasteiger partial charge >= 0.3 is 0 Å². The van der Waals surface area contributed by atoms with Crippen molar-refractivity contribution in [2.45, 2.75) is 6.92 Å². The van der Waals surface area contributed by atoms with Gasteiger partial charge in [0, 0.05) is 18.0 Å². The van der Waals surface area contributed by atoms with Gasteiger partial charge in [-0.05, 0) is 18.2 Å². The van der Waals surface area contributed by atoms with Gasteiger partial charge in [-0.15, -0.1) is 4.91 Å². The minimum absolute atomic E-state index is 0.516. The highest BCUT2D eigenvalue weighted by molar-refractivity contribution is 6.00. The van der Waals surface area contributed by atoms with Crippen LogP contribution in [0.1, 0.15) is 5.56 Å². The second-order valence-corrected chi connectivity index (χ2v) is 4.73. The summed E-state index contributed by atoms with van der Waals surface area (Å²) in [5.41, 5.74) is 4.62. The molecule has 94 valence electrons. The highest BCUT2D eigenvalue weighted by atomic mass is 16.3. The van der Waals surface area contributed by atoms with Crippen molar-refractivity contribution in [3.05, 3.63) is 59.0 Å². The van der Waals surface area contributed by atoms with Crippen molar-refractivity contribution in [2.75, 3.05) is 0 Å². The van der Waals surface area contributed by atoms with Crippen molar-refractivity contribution in [1.82, 2.24) is 4.57 Å². The summed E-state index contributed by atoms with van der Waals surface area (Å²) < 4.78 is 2.02. The van der Waals surface area contributed by atoms with Crippen molar-refractivity contribution in [1.29, 1.82) is 0 Å². The molecule has 1 heterocycles. The number of benzene rings is 2. The molecule has 0 N–H and O–H groups in total. The van der Waals surface area contributed by atoms with E-state index in [4.69, 9.17) is 0 Å². The fourth-order valence-corrected chi connectivity index (χ4v) is 2.51. The van der Waals surface area contributed by atoms with E-state index in [9.17, 15) is 4.91 Å². The number of hydrogen-bond acceptors (Lipinski definition) is 2. The maximum atomic E-state index is 11.2. The van der Waals surface area contributed by atoms with Crippen molar-refractivity contribution in [3.63, 3.8) is 0 Å². The molecule has 0 bridgehead atoms. The quantitative estimate of drug-likeness (QED) is 0.614.